The summed E-state index contributed by atoms with van der Waals surface area (Å²) in [6, 6.07) is -1.17. The summed E-state index contributed by atoms with van der Waals surface area (Å²) < 4.78 is 0. The second-order valence-electron chi connectivity index (χ2n) is 4.94. The fraction of sp³-hybridized carbons (Fsp3) is 0.750. The molecule has 106 valence electrons. The van der Waals surface area contributed by atoms with Crippen molar-refractivity contribution in [3.8, 4) is 0 Å². The zero-order valence-electron chi connectivity index (χ0n) is 10.7. The molecular weight excluding hydrogens is 250 g/mol. The molecule has 2 heterocycles. The summed E-state index contributed by atoms with van der Waals surface area (Å²) in [6.45, 7) is 1.55. The van der Waals surface area contributed by atoms with Crippen LogP contribution in [0, 0.1) is 0 Å². The van der Waals surface area contributed by atoms with Crippen molar-refractivity contribution in [3.63, 3.8) is 0 Å². The Kier molecular flexibility index (Phi) is 4.36. The van der Waals surface area contributed by atoms with Crippen molar-refractivity contribution in [3.05, 3.63) is 0 Å². The zero-order valence-corrected chi connectivity index (χ0v) is 10.7. The average Bonchev–Trinajstić information content (AvgIpc) is 2.41. The van der Waals surface area contributed by atoms with Gasteiger partial charge in [-0.25, -0.2) is 0 Å². The maximum atomic E-state index is 12.4. The lowest BCUT2D eigenvalue weighted by Crippen LogP contribution is -2.61. The third-order valence-corrected chi connectivity index (χ3v) is 3.59. The first-order chi connectivity index (χ1) is 9.09. The van der Waals surface area contributed by atoms with E-state index >= 15 is 0 Å². The van der Waals surface area contributed by atoms with Gasteiger partial charge in [-0.1, -0.05) is 6.42 Å². The molecule has 0 aliphatic carbocycles. The number of carboxylic acid groups (broad SMARTS) is 1. The van der Waals surface area contributed by atoms with E-state index in [0.29, 0.717) is 13.1 Å². The van der Waals surface area contributed by atoms with Crippen molar-refractivity contribution in [1.82, 2.24) is 15.5 Å². The lowest BCUT2D eigenvalue weighted by molar-refractivity contribution is -0.149. The molecule has 0 saturated carbocycles. The number of aliphatic carboxylic acids is 1. The Bertz CT molecular complexity index is 379. The molecule has 2 aliphatic rings. The summed E-state index contributed by atoms with van der Waals surface area (Å²) in [4.78, 5) is 36.4. The van der Waals surface area contributed by atoms with E-state index in [0.717, 1.165) is 25.8 Å². The second kappa shape index (κ2) is 6.01. The minimum atomic E-state index is -1.07. The molecule has 0 aromatic rings. The first-order valence-electron chi connectivity index (χ1n) is 6.63. The summed E-state index contributed by atoms with van der Waals surface area (Å²) in [5.74, 6) is -1.60. The van der Waals surface area contributed by atoms with Gasteiger partial charge in [0.1, 0.15) is 6.04 Å². The molecule has 2 fully saturated rings. The highest BCUT2D eigenvalue weighted by Gasteiger charge is 2.37. The van der Waals surface area contributed by atoms with Crippen LogP contribution in [0.1, 0.15) is 25.7 Å². The molecule has 0 spiro atoms. The van der Waals surface area contributed by atoms with Crippen LogP contribution in [0.15, 0.2) is 0 Å². The van der Waals surface area contributed by atoms with Crippen molar-refractivity contribution >= 4 is 17.8 Å². The molecule has 2 saturated heterocycles. The molecule has 0 radical (unpaired) electrons. The number of hydrogen-bond donors (Lipinski definition) is 3. The summed E-state index contributed by atoms with van der Waals surface area (Å²) in [7, 11) is 0. The Balaban J connectivity index is 2.07. The van der Waals surface area contributed by atoms with Gasteiger partial charge in [0.05, 0.1) is 12.5 Å². The van der Waals surface area contributed by atoms with Crippen LogP contribution in [0.3, 0.4) is 0 Å². The summed E-state index contributed by atoms with van der Waals surface area (Å²) in [5, 5.41) is 14.6. The van der Waals surface area contributed by atoms with Gasteiger partial charge in [-0.2, -0.15) is 0 Å². The quantitative estimate of drug-likeness (QED) is 0.606. The largest absolute Gasteiger partial charge is 0.481 e. The molecular formula is C12H19N3O4. The fourth-order valence-corrected chi connectivity index (χ4v) is 2.61. The number of nitrogens with one attached hydrogen (secondary N) is 2. The number of carbonyl (C=O) groups excluding carboxylic acids is 2. The topological polar surface area (TPSA) is 98.7 Å². The van der Waals surface area contributed by atoms with Gasteiger partial charge in [-0.15, -0.1) is 0 Å². The van der Waals surface area contributed by atoms with E-state index in [1.54, 1.807) is 0 Å². The Labute approximate surface area is 111 Å². The van der Waals surface area contributed by atoms with Gasteiger partial charge in [0.25, 0.3) is 0 Å². The van der Waals surface area contributed by atoms with Crippen LogP contribution in [-0.2, 0) is 14.4 Å². The third kappa shape index (κ3) is 3.23. The molecule has 19 heavy (non-hydrogen) atoms. The van der Waals surface area contributed by atoms with E-state index in [9.17, 15) is 14.4 Å². The van der Waals surface area contributed by atoms with Crippen molar-refractivity contribution in [2.75, 3.05) is 19.6 Å². The van der Waals surface area contributed by atoms with E-state index < -0.39 is 12.0 Å². The molecule has 2 aliphatic heterocycles. The molecule has 0 bridgehead atoms. The predicted octanol–water partition coefficient (Wildman–Crippen LogP) is -1.07. The van der Waals surface area contributed by atoms with E-state index in [4.69, 9.17) is 5.11 Å². The zero-order chi connectivity index (χ0) is 13.8. The molecule has 2 atom stereocenters. The summed E-state index contributed by atoms with van der Waals surface area (Å²) >= 11 is 0. The molecule has 3 N–H and O–H groups in total. The van der Waals surface area contributed by atoms with E-state index in [-0.39, 0.29) is 24.3 Å². The highest BCUT2D eigenvalue weighted by molar-refractivity contribution is 5.93. The molecule has 1 unspecified atom stereocenters. The van der Waals surface area contributed by atoms with Gasteiger partial charge in [0.2, 0.25) is 11.8 Å². The monoisotopic (exact) mass is 269 g/mol. The van der Waals surface area contributed by atoms with Gasteiger partial charge in [-0.05, 0) is 19.4 Å². The van der Waals surface area contributed by atoms with E-state index in [1.807, 2.05) is 0 Å². The van der Waals surface area contributed by atoms with Gasteiger partial charge in [-0.3, -0.25) is 14.4 Å². The van der Waals surface area contributed by atoms with Crippen LogP contribution < -0.4 is 10.6 Å². The van der Waals surface area contributed by atoms with Gasteiger partial charge in [0.15, 0.2) is 0 Å². The minimum Gasteiger partial charge on any atom is -0.481 e. The van der Waals surface area contributed by atoms with E-state index in [2.05, 4.69) is 10.6 Å². The van der Waals surface area contributed by atoms with Crippen molar-refractivity contribution in [1.29, 1.82) is 0 Å². The second-order valence-corrected chi connectivity index (χ2v) is 4.94. The minimum absolute atomic E-state index is 0.152. The standard InChI is InChI=1S/C12H19N3O4/c16-10(17)7-9-11(18)14-5-6-15(9)12(19)8-3-1-2-4-13-8/h8-9,13H,1-7H2,(H,14,18)(H,16,17)/t8-,9?/m1/s1. The smallest absolute Gasteiger partial charge is 0.305 e. The number of hydrogen-bond acceptors (Lipinski definition) is 4. The first kappa shape index (κ1) is 13.8. The third-order valence-electron chi connectivity index (χ3n) is 3.59. The average molecular weight is 269 g/mol. The normalized spacial score (nSPS) is 27.8. The van der Waals surface area contributed by atoms with Crippen LogP contribution in [0.4, 0.5) is 0 Å². The van der Waals surface area contributed by atoms with Crippen LogP contribution in [0.5, 0.6) is 0 Å². The maximum absolute atomic E-state index is 12.4. The highest BCUT2D eigenvalue weighted by atomic mass is 16.4. The molecule has 0 aromatic heterocycles. The van der Waals surface area contributed by atoms with Crippen molar-refractivity contribution in [2.24, 2.45) is 0 Å². The van der Waals surface area contributed by atoms with Crippen molar-refractivity contribution in [2.45, 2.75) is 37.8 Å². The molecule has 7 nitrogen and oxygen atoms in total. The van der Waals surface area contributed by atoms with Gasteiger partial charge in [0, 0.05) is 13.1 Å². The summed E-state index contributed by atoms with van der Waals surface area (Å²) in [6.07, 6.45) is 2.43. The summed E-state index contributed by atoms with van der Waals surface area (Å²) in [5.41, 5.74) is 0. The number of rotatable bonds is 3. The van der Waals surface area contributed by atoms with Crippen LogP contribution in [0.25, 0.3) is 0 Å². The highest BCUT2D eigenvalue weighted by Crippen LogP contribution is 2.15. The SMILES string of the molecule is O=C(O)CC1C(=O)NCCN1C(=O)[C@H]1CCCCN1. The number of amides is 2. The lowest BCUT2D eigenvalue weighted by atomic mass is 10.0. The Morgan fingerprint density at radius 3 is 2.74 bits per heavy atom. The Morgan fingerprint density at radius 2 is 2.11 bits per heavy atom. The Hall–Kier alpha value is -1.63. The van der Waals surface area contributed by atoms with Crippen LogP contribution in [0.2, 0.25) is 0 Å². The number of nitrogens with zero attached hydrogens (tertiary/aromatic N) is 1. The lowest BCUT2D eigenvalue weighted by Gasteiger charge is -2.37. The molecule has 2 amide bonds. The van der Waals surface area contributed by atoms with E-state index in [1.165, 1.54) is 4.90 Å². The molecule has 0 aromatic carbocycles. The predicted molar refractivity (Wildman–Crippen MR) is 66.4 cm³/mol. The number of carbonyl (C=O) groups is 3. The maximum Gasteiger partial charge on any atom is 0.305 e. The fourth-order valence-electron chi connectivity index (χ4n) is 2.61. The van der Waals surface area contributed by atoms with Crippen molar-refractivity contribution < 1.29 is 19.5 Å². The molecule has 7 heteroatoms. The van der Waals surface area contributed by atoms with Gasteiger partial charge >= 0.3 is 5.97 Å². The number of piperidine rings is 1. The van der Waals surface area contributed by atoms with Crippen LogP contribution in [-0.4, -0.2) is 59.5 Å². The number of carboxylic acids is 1. The Morgan fingerprint density at radius 1 is 1.32 bits per heavy atom. The molecule has 2 rings (SSSR count). The van der Waals surface area contributed by atoms with Gasteiger partial charge < -0.3 is 20.6 Å². The number of piperazine rings is 1. The van der Waals surface area contributed by atoms with Crippen LogP contribution >= 0.6 is 0 Å². The first-order valence-corrected chi connectivity index (χ1v) is 6.63.